The van der Waals surface area contributed by atoms with Crippen LogP contribution in [-0.2, 0) is 0 Å². The molecule has 1 saturated carbocycles. The molecule has 0 radical (unpaired) electrons. The van der Waals surface area contributed by atoms with Gasteiger partial charge in [0, 0.05) is 22.6 Å². The molecule has 0 bridgehead atoms. The van der Waals surface area contributed by atoms with E-state index in [0.29, 0.717) is 5.92 Å². The summed E-state index contributed by atoms with van der Waals surface area (Å²) in [5, 5.41) is 12.0. The standard InChI is InChI=1S/C19H23N5/c1-12-13(2)20-18(14-8-4-3-5-9-14)21-17(12)22-19-15-10-6-7-11-16(15)23-24-19/h6-7,10-11,14H,3-5,8-9H2,1-2H3,(H2,20,21,22,23,24). The Labute approximate surface area is 141 Å². The smallest absolute Gasteiger partial charge is 0.161 e. The predicted octanol–water partition coefficient (Wildman–Crippen LogP) is 4.76. The van der Waals surface area contributed by atoms with Crippen molar-refractivity contribution in [1.82, 2.24) is 20.2 Å². The second-order valence-corrected chi connectivity index (χ2v) is 6.72. The molecule has 1 aromatic carbocycles. The molecule has 2 N–H and O–H groups in total. The van der Waals surface area contributed by atoms with Crippen LogP contribution in [0.1, 0.15) is 55.1 Å². The van der Waals surface area contributed by atoms with Crippen molar-refractivity contribution in [1.29, 1.82) is 0 Å². The number of aromatic nitrogens is 4. The molecule has 2 heterocycles. The molecule has 5 nitrogen and oxygen atoms in total. The van der Waals surface area contributed by atoms with Gasteiger partial charge in [-0.15, -0.1) is 0 Å². The minimum absolute atomic E-state index is 0.495. The van der Waals surface area contributed by atoms with Crippen molar-refractivity contribution in [3.63, 3.8) is 0 Å². The van der Waals surface area contributed by atoms with Gasteiger partial charge in [0.15, 0.2) is 5.82 Å². The Hall–Kier alpha value is -2.43. The Bertz CT molecular complexity index is 861. The number of aromatic amines is 1. The van der Waals surface area contributed by atoms with Gasteiger partial charge in [0.2, 0.25) is 0 Å². The van der Waals surface area contributed by atoms with E-state index in [0.717, 1.165) is 39.6 Å². The second kappa shape index (κ2) is 6.23. The van der Waals surface area contributed by atoms with Crippen molar-refractivity contribution in [2.75, 3.05) is 5.32 Å². The molecular weight excluding hydrogens is 298 g/mol. The molecule has 1 fully saturated rings. The first-order chi connectivity index (χ1) is 11.7. The Morgan fingerprint density at radius 3 is 2.62 bits per heavy atom. The van der Waals surface area contributed by atoms with Crippen LogP contribution in [0.2, 0.25) is 0 Å². The minimum Gasteiger partial charge on any atom is -0.323 e. The lowest BCUT2D eigenvalue weighted by atomic mass is 9.88. The second-order valence-electron chi connectivity index (χ2n) is 6.72. The summed E-state index contributed by atoms with van der Waals surface area (Å²) in [6.07, 6.45) is 6.31. The van der Waals surface area contributed by atoms with Crippen LogP contribution in [0.15, 0.2) is 24.3 Å². The van der Waals surface area contributed by atoms with Crippen LogP contribution in [0, 0.1) is 13.8 Å². The number of anilines is 2. The minimum atomic E-state index is 0.495. The molecule has 2 aromatic heterocycles. The maximum Gasteiger partial charge on any atom is 0.161 e. The summed E-state index contributed by atoms with van der Waals surface area (Å²) >= 11 is 0. The van der Waals surface area contributed by atoms with E-state index in [2.05, 4.69) is 35.4 Å². The fraction of sp³-hybridized carbons (Fsp3) is 0.421. The molecule has 0 aliphatic heterocycles. The summed E-state index contributed by atoms with van der Waals surface area (Å²) in [5.74, 6) is 3.18. The third kappa shape index (κ3) is 2.75. The highest BCUT2D eigenvalue weighted by Gasteiger charge is 2.20. The van der Waals surface area contributed by atoms with Crippen LogP contribution in [0.4, 0.5) is 11.6 Å². The zero-order valence-electron chi connectivity index (χ0n) is 14.3. The molecule has 0 unspecified atom stereocenters. The number of benzene rings is 1. The van der Waals surface area contributed by atoms with E-state index in [1.54, 1.807) is 0 Å². The lowest BCUT2D eigenvalue weighted by Crippen LogP contribution is -2.12. The van der Waals surface area contributed by atoms with Gasteiger partial charge >= 0.3 is 0 Å². The molecular formula is C19H23N5. The molecule has 0 amide bonds. The number of hydrogen-bond donors (Lipinski definition) is 2. The number of aryl methyl sites for hydroxylation is 1. The molecule has 4 rings (SSSR count). The molecule has 0 spiro atoms. The van der Waals surface area contributed by atoms with Gasteiger partial charge in [-0.1, -0.05) is 31.4 Å². The lowest BCUT2D eigenvalue weighted by molar-refractivity contribution is 0.428. The molecule has 1 aliphatic carbocycles. The van der Waals surface area contributed by atoms with E-state index in [1.165, 1.54) is 32.1 Å². The van der Waals surface area contributed by atoms with Gasteiger partial charge in [0.1, 0.15) is 11.6 Å². The van der Waals surface area contributed by atoms with E-state index in [9.17, 15) is 0 Å². The van der Waals surface area contributed by atoms with Crippen LogP contribution in [0.25, 0.3) is 10.9 Å². The van der Waals surface area contributed by atoms with E-state index in [-0.39, 0.29) is 0 Å². The highest BCUT2D eigenvalue weighted by molar-refractivity contribution is 5.91. The van der Waals surface area contributed by atoms with E-state index < -0.39 is 0 Å². The maximum absolute atomic E-state index is 4.86. The fourth-order valence-corrected chi connectivity index (χ4v) is 3.49. The SMILES string of the molecule is Cc1nc(C2CCCCC2)nc(Nc2n[nH]c3ccccc23)c1C. The first-order valence-corrected chi connectivity index (χ1v) is 8.77. The first kappa shape index (κ1) is 15.1. The first-order valence-electron chi connectivity index (χ1n) is 8.77. The summed E-state index contributed by atoms with van der Waals surface area (Å²) in [4.78, 5) is 9.63. The molecule has 0 saturated heterocycles. The van der Waals surface area contributed by atoms with Crippen LogP contribution < -0.4 is 5.32 Å². The largest absolute Gasteiger partial charge is 0.323 e. The summed E-state index contributed by atoms with van der Waals surface area (Å²) in [7, 11) is 0. The Morgan fingerprint density at radius 1 is 1.00 bits per heavy atom. The third-order valence-corrected chi connectivity index (χ3v) is 5.08. The normalized spacial score (nSPS) is 15.8. The number of nitrogens with one attached hydrogen (secondary N) is 2. The van der Waals surface area contributed by atoms with Crippen LogP contribution in [0.3, 0.4) is 0 Å². The Kier molecular flexibility index (Phi) is 3.92. The van der Waals surface area contributed by atoms with Gasteiger partial charge in [0.05, 0.1) is 5.52 Å². The zero-order chi connectivity index (χ0) is 16.5. The number of para-hydroxylation sites is 1. The summed E-state index contributed by atoms with van der Waals surface area (Å²) in [6.45, 7) is 4.13. The van der Waals surface area contributed by atoms with Crippen molar-refractivity contribution in [3.8, 4) is 0 Å². The Morgan fingerprint density at radius 2 is 1.79 bits per heavy atom. The molecule has 124 valence electrons. The molecule has 3 aromatic rings. The van der Waals surface area contributed by atoms with Crippen LogP contribution in [0.5, 0.6) is 0 Å². The molecule has 5 heteroatoms. The van der Waals surface area contributed by atoms with Gasteiger partial charge in [-0.3, -0.25) is 5.10 Å². The van der Waals surface area contributed by atoms with Crippen molar-refractivity contribution < 1.29 is 0 Å². The van der Waals surface area contributed by atoms with E-state index in [1.807, 2.05) is 18.2 Å². The summed E-state index contributed by atoms with van der Waals surface area (Å²) in [6, 6.07) is 8.12. The van der Waals surface area contributed by atoms with Gasteiger partial charge in [-0.2, -0.15) is 5.10 Å². The number of H-pyrrole nitrogens is 1. The number of nitrogens with zero attached hydrogens (tertiary/aromatic N) is 3. The highest BCUT2D eigenvalue weighted by Crippen LogP contribution is 2.33. The topological polar surface area (TPSA) is 66.5 Å². The van der Waals surface area contributed by atoms with E-state index >= 15 is 0 Å². The number of hydrogen-bond acceptors (Lipinski definition) is 4. The summed E-state index contributed by atoms with van der Waals surface area (Å²) in [5.41, 5.74) is 3.16. The van der Waals surface area contributed by atoms with Gasteiger partial charge in [0.25, 0.3) is 0 Å². The predicted molar refractivity (Wildman–Crippen MR) is 96.7 cm³/mol. The summed E-state index contributed by atoms with van der Waals surface area (Å²) < 4.78 is 0. The average Bonchev–Trinajstić information content (AvgIpc) is 3.03. The van der Waals surface area contributed by atoms with Gasteiger partial charge < -0.3 is 5.32 Å². The molecule has 1 aliphatic rings. The van der Waals surface area contributed by atoms with Crippen molar-refractivity contribution >= 4 is 22.5 Å². The highest BCUT2D eigenvalue weighted by atomic mass is 15.2. The number of rotatable bonds is 3. The van der Waals surface area contributed by atoms with Crippen molar-refractivity contribution in [3.05, 3.63) is 41.3 Å². The molecule has 0 atom stereocenters. The number of fused-ring (bicyclic) bond motifs is 1. The van der Waals surface area contributed by atoms with Crippen molar-refractivity contribution in [2.45, 2.75) is 51.9 Å². The zero-order valence-corrected chi connectivity index (χ0v) is 14.3. The maximum atomic E-state index is 4.86. The van der Waals surface area contributed by atoms with Gasteiger partial charge in [-0.05, 0) is 38.8 Å². The quantitative estimate of drug-likeness (QED) is 0.730. The van der Waals surface area contributed by atoms with Gasteiger partial charge in [-0.25, -0.2) is 9.97 Å². The Balaban J connectivity index is 1.70. The average molecular weight is 321 g/mol. The van der Waals surface area contributed by atoms with Crippen LogP contribution >= 0.6 is 0 Å². The van der Waals surface area contributed by atoms with E-state index in [4.69, 9.17) is 9.97 Å². The third-order valence-electron chi connectivity index (χ3n) is 5.08. The fourth-order valence-electron chi connectivity index (χ4n) is 3.49. The van der Waals surface area contributed by atoms with Crippen LogP contribution in [-0.4, -0.2) is 20.2 Å². The lowest BCUT2D eigenvalue weighted by Gasteiger charge is -2.21. The molecule has 24 heavy (non-hydrogen) atoms. The van der Waals surface area contributed by atoms with Crippen molar-refractivity contribution in [2.24, 2.45) is 0 Å². The monoisotopic (exact) mass is 321 g/mol.